The van der Waals surface area contributed by atoms with Gasteiger partial charge in [-0.1, -0.05) is 41.9 Å². The Labute approximate surface area is 190 Å². The Morgan fingerprint density at radius 1 is 1.03 bits per heavy atom. The summed E-state index contributed by atoms with van der Waals surface area (Å²) in [4.78, 5) is 2.41. The summed E-state index contributed by atoms with van der Waals surface area (Å²) in [6.07, 6.45) is 0. The third-order valence-corrected chi connectivity index (χ3v) is 5.00. The molecular weight excluding hydrogens is 435 g/mol. The number of halogens is 3. The lowest BCUT2D eigenvalue weighted by atomic mass is 10.1. The predicted molar refractivity (Wildman–Crippen MR) is 122 cm³/mol. The van der Waals surface area contributed by atoms with E-state index < -0.39 is 0 Å². The first kappa shape index (κ1) is 25.8. The van der Waals surface area contributed by atoms with Gasteiger partial charge in [-0.3, -0.25) is 4.90 Å². The molecule has 0 unspecified atom stereocenters. The Bertz CT molecular complexity index is 728. The Morgan fingerprint density at radius 3 is 2.48 bits per heavy atom. The fourth-order valence-corrected chi connectivity index (χ4v) is 3.27. The number of nitrogens with zero attached hydrogens (tertiary/aromatic N) is 1. The van der Waals surface area contributed by atoms with Crippen LogP contribution in [0.4, 0.5) is 0 Å². The smallest absolute Gasteiger partial charge is 0.166 e. The number of rotatable bonds is 9. The third kappa shape index (κ3) is 7.85. The monoisotopic (exact) mass is 462 g/mol. The number of hydrogen-bond donors (Lipinski definition) is 1. The molecular formula is C21H29Cl3N2O3. The molecule has 29 heavy (non-hydrogen) atoms. The average Bonchev–Trinajstić information content (AvgIpc) is 2.71. The molecule has 5 nitrogen and oxygen atoms in total. The van der Waals surface area contributed by atoms with Crippen molar-refractivity contribution in [2.24, 2.45) is 0 Å². The lowest BCUT2D eigenvalue weighted by Gasteiger charge is -2.26. The van der Waals surface area contributed by atoms with E-state index in [0.29, 0.717) is 11.6 Å². The molecule has 162 valence electrons. The van der Waals surface area contributed by atoms with Gasteiger partial charge in [-0.25, -0.2) is 0 Å². The number of nitrogens with one attached hydrogen (secondary N) is 1. The molecule has 2 aromatic rings. The summed E-state index contributed by atoms with van der Waals surface area (Å²) >= 11 is 6.24. The van der Waals surface area contributed by atoms with Crippen LogP contribution in [0.1, 0.15) is 11.1 Å². The molecule has 0 aliphatic carbocycles. The molecule has 1 fully saturated rings. The highest BCUT2D eigenvalue weighted by Crippen LogP contribution is 2.32. The summed E-state index contributed by atoms with van der Waals surface area (Å²) in [6, 6.07) is 13.7. The van der Waals surface area contributed by atoms with E-state index in [1.165, 1.54) is 0 Å². The van der Waals surface area contributed by atoms with Crippen LogP contribution in [0.3, 0.4) is 0 Å². The highest BCUT2D eigenvalue weighted by Gasteiger charge is 2.13. The van der Waals surface area contributed by atoms with Crippen LogP contribution in [0.2, 0.25) is 5.02 Å². The largest absolute Gasteiger partial charge is 0.493 e. The van der Waals surface area contributed by atoms with Crippen LogP contribution >= 0.6 is 36.4 Å². The minimum Gasteiger partial charge on any atom is -0.493 e. The second-order valence-electron chi connectivity index (χ2n) is 6.46. The quantitative estimate of drug-likeness (QED) is 0.565. The second kappa shape index (κ2) is 13.9. The van der Waals surface area contributed by atoms with E-state index >= 15 is 0 Å². The maximum absolute atomic E-state index is 6.24. The molecule has 1 aliphatic rings. The van der Waals surface area contributed by atoms with E-state index in [4.69, 9.17) is 25.8 Å². The van der Waals surface area contributed by atoms with E-state index in [0.717, 1.165) is 68.6 Å². The van der Waals surface area contributed by atoms with E-state index in [9.17, 15) is 0 Å². The number of methoxy groups -OCH3 is 1. The maximum Gasteiger partial charge on any atom is 0.166 e. The van der Waals surface area contributed by atoms with Crippen LogP contribution in [0, 0.1) is 0 Å². The van der Waals surface area contributed by atoms with Crippen molar-refractivity contribution in [3.8, 4) is 11.5 Å². The van der Waals surface area contributed by atoms with E-state index in [-0.39, 0.29) is 24.8 Å². The molecule has 0 radical (unpaired) electrons. The van der Waals surface area contributed by atoms with Crippen LogP contribution in [0.15, 0.2) is 42.5 Å². The van der Waals surface area contributed by atoms with Crippen LogP contribution in [-0.2, 0) is 17.9 Å². The van der Waals surface area contributed by atoms with Crippen molar-refractivity contribution in [2.75, 3.05) is 46.5 Å². The molecule has 1 heterocycles. The van der Waals surface area contributed by atoms with Crippen LogP contribution in [0.25, 0.3) is 0 Å². The van der Waals surface area contributed by atoms with Gasteiger partial charge in [-0.2, -0.15) is 0 Å². The fourth-order valence-electron chi connectivity index (χ4n) is 3.08. The molecule has 0 saturated carbocycles. The van der Waals surface area contributed by atoms with Crippen molar-refractivity contribution in [1.29, 1.82) is 0 Å². The number of benzene rings is 2. The van der Waals surface area contributed by atoms with E-state index in [2.05, 4.69) is 16.3 Å². The predicted octanol–water partition coefficient (Wildman–Crippen LogP) is 4.19. The molecule has 0 amide bonds. The first-order chi connectivity index (χ1) is 13.3. The first-order valence-corrected chi connectivity index (χ1v) is 9.68. The molecule has 1 N–H and O–H groups in total. The van der Waals surface area contributed by atoms with Gasteiger partial charge < -0.3 is 19.5 Å². The Kier molecular flexibility index (Phi) is 12.4. The average molecular weight is 464 g/mol. The third-order valence-electron chi connectivity index (χ3n) is 4.63. The van der Waals surface area contributed by atoms with Gasteiger partial charge >= 0.3 is 0 Å². The molecule has 0 spiro atoms. The van der Waals surface area contributed by atoms with Gasteiger partial charge in [0, 0.05) is 48.9 Å². The van der Waals surface area contributed by atoms with Crippen LogP contribution in [-0.4, -0.2) is 51.4 Å². The summed E-state index contributed by atoms with van der Waals surface area (Å²) in [5.41, 5.74) is 2.03. The minimum absolute atomic E-state index is 0. The molecule has 0 bridgehead atoms. The molecule has 1 aliphatic heterocycles. The Balaban J connectivity index is 0.00000210. The zero-order valence-corrected chi connectivity index (χ0v) is 19.0. The highest BCUT2D eigenvalue weighted by atomic mass is 35.5. The van der Waals surface area contributed by atoms with Crippen LogP contribution < -0.4 is 14.8 Å². The maximum atomic E-state index is 6.24. The minimum atomic E-state index is 0. The second-order valence-corrected chi connectivity index (χ2v) is 6.87. The number of hydrogen-bond acceptors (Lipinski definition) is 5. The van der Waals surface area contributed by atoms with Gasteiger partial charge in [0.25, 0.3) is 0 Å². The SMILES string of the molecule is COc1cccc(CNCCN2CCOCC2)c1OCc1ccccc1Cl.Cl.Cl. The van der Waals surface area contributed by atoms with Gasteiger partial charge in [-0.05, 0) is 12.1 Å². The van der Waals surface area contributed by atoms with Gasteiger partial charge in [0.1, 0.15) is 6.61 Å². The summed E-state index contributed by atoms with van der Waals surface area (Å²) in [5.74, 6) is 1.49. The molecule has 8 heteroatoms. The van der Waals surface area contributed by atoms with Crippen molar-refractivity contribution < 1.29 is 14.2 Å². The van der Waals surface area contributed by atoms with Crippen LogP contribution in [0.5, 0.6) is 11.5 Å². The lowest BCUT2D eigenvalue weighted by Crippen LogP contribution is -2.40. The van der Waals surface area contributed by atoms with Gasteiger partial charge in [0.15, 0.2) is 11.5 Å². The molecule has 3 rings (SSSR count). The van der Waals surface area contributed by atoms with E-state index in [1.807, 2.05) is 36.4 Å². The molecule has 0 aromatic heterocycles. The van der Waals surface area contributed by atoms with Gasteiger partial charge in [0.05, 0.1) is 20.3 Å². The lowest BCUT2D eigenvalue weighted by molar-refractivity contribution is 0.0384. The fraction of sp³-hybridized carbons (Fsp3) is 0.429. The summed E-state index contributed by atoms with van der Waals surface area (Å²) in [6.45, 7) is 6.73. The summed E-state index contributed by atoms with van der Waals surface area (Å²) in [5, 5.41) is 4.21. The van der Waals surface area contributed by atoms with E-state index in [1.54, 1.807) is 7.11 Å². The molecule has 0 atom stereocenters. The van der Waals surface area contributed by atoms with Crippen molar-refractivity contribution in [3.05, 3.63) is 58.6 Å². The van der Waals surface area contributed by atoms with Crippen molar-refractivity contribution >= 4 is 36.4 Å². The van der Waals surface area contributed by atoms with Gasteiger partial charge in [-0.15, -0.1) is 24.8 Å². The number of morpholine rings is 1. The van der Waals surface area contributed by atoms with Gasteiger partial charge in [0.2, 0.25) is 0 Å². The summed E-state index contributed by atoms with van der Waals surface area (Å²) in [7, 11) is 1.66. The highest BCUT2D eigenvalue weighted by molar-refractivity contribution is 6.31. The number of ether oxygens (including phenoxy) is 3. The van der Waals surface area contributed by atoms with Crippen molar-refractivity contribution in [1.82, 2.24) is 10.2 Å². The number of para-hydroxylation sites is 1. The topological polar surface area (TPSA) is 43.0 Å². The Morgan fingerprint density at radius 2 is 1.76 bits per heavy atom. The van der Waals surface area contributed by atoms with Crippen molar-refractivity contribution in [3.63, 3.8) is 0 Å². The zero-order chi connectivity index (χ0) is 18.9. The Hall–Kier alpha value is -1.21. The normalized spacial score (nSPS) is 13.9. The first-order valence-electron chi connectivity index (χ1n) is 9.31. The van der Waals surface area contributed by atoms with Crippen molar-refractivity contribution in [2.45, 2.75) is 13.2 Å². The standard InChI is InChI=1S/C21H27ClN2O3.2ClH/c1-25-20-8-4-6-17(15-23-9-10-24-11-13-26-14-12-24)21(20)27-16-18-5-2-3-7-19(18)22;;/h2-8,23H,9-16H2,1H3;2*1H. The molecule has 2 aromatic carbocycles. The molecule has 1 saturated heterocycles. The summed E-state index contributed by atoms with van der Waals surface area (Å²) < 4.78 is 17.0. The zero-order valence-electron chi connectivity index (χ0n) is 16.6.